The summed E-state index contributed by atoms with van der Waals surface area (Å²) in [5.74, 6) is 0.0556. The van der Waals surface area contributed by atoms with Crippen LogP contribution in [0.25, 0.3) is 23.5 Å². The number of hydrogen-bond donors (Lipinski definition) is 0. The minimum Gasteiger partial charge on any atom is -0.639 e. The Hall–Kier alpha value is -4.24. The minimum atomic E-state index is -4.42. The summed E-state index contributed by atoms with van der Waals surface area (Å²) < 4.78 is 41.4. The average molecular weight is 457 g/mol. The molecule has 0 saturated carbocycles. The van der Waals surface area contributed by atoms with Crippen LogP contribution in [0, 0.1) is 0 Å². The van der Waals surface area contributed by atoms with Gasteiger partial charge in [-0.2, -0.15) is 0 Å². The molecule has 170 valence electrons. The highest BCUT2D eigenvalue weighted by molar-refractivity contribution is 6.52. The molecule has 34 heavy (non-hydrogen) atoms. The summed E-state index contributed by atoms with van der Waals surface area (Å²) in [6, 6.07) is 15.3. The zero-order chi connectivity index (χ0) is 23.4. The zero-order valence-electron chi connectivity index (χ0n) is 18.0. The number of allylic oxidation sites excluding steroid dienone is 1. The van der Waals surface area contributed by atoms with Gasteiger partial charge < -0.3 is 27.1 Å². The summed E-state index contributed by atoms with van der Waals surface area (Å²) in [7, 11) is -4.42. The summed E-state index contributed by atoms with van der Waals surface area (Å²) in [6.07, 6.45) is 17.7. The van der Waals surface area contributed by atoms with Crippen LogP contribution in [0.1, 0.15) is 11.1 Å². The summed E-state index contributed by atoms with van der Waals surface area (Å²) >= 11 is 0. The molecule has 0 fully saturated rings. The van der Waals surface area contributed by atoms with Crippen molar-refractivity contribution in [2.24, 2.45) is 0 Å². The van der Waals surface area contributed by atoms with Crippen molar-refractivity contribution in [3.05, 3.63) is 121 Å². The minimum absolute atomic E-state index is 0.0556. The van der Waals surface area contributed by atoms with Gasteiger partial charge in [0.2, 0.25) is 0 Å². The van der Waals surface area contributed by atoms with Gasteiger partial charge in [-0.3, -0.25) is 0 Å². The molecule has 0 spiro atoms. The highest BCUT2D eigenvalue weighted by Gasteiger charge is 2.36. The van der Waals surface area contributed by atoms with Crippen LogP contribution in [-0.2, 0) is 9.31 Å². The largest absolute Gasteiger partial charge is 0.664 e. The van der Waals surface area contributed by atoms with E-state index in [2.05, 4.69) is 9.97 Å². The first-order valence-electron chi connectivity index (χ1n) is 10.7. The van der Waals surface area contributed by atoms with Gasteiger partial charge in [-0.05, 0) is 47.5 Å². The third-order valence-electron chi connectivity index (χ3n) is 5.23. The standard InChI is InChI=1S/C25H20BF2N4O2/c27-26(28)33-24(11-5-20-1-7-22(8-2-20)31-15-13-29-18-31)17-25(34-26)12-6-21-3-9-23(10-4-21)32-16-14-30-19-32/h1-19,24H/q-1/b11-5+,12-6+. The summed E-state index contributed by atoms with van der Waals surface area (Å²) in [5, 5.41) is 0. The Morgan fingerprint density at radius 2 is 1.32 bits per heavy atom. The zero-order valence-corrected chi connectivity index (χ0v) is 18.0. The van der Waals surface area contributed by atoms with Crippen molar-refractivity contribution in [3.8, 4) is 11.4 Å². The Balaban J connectivity index is 1.28. The van der Waals surface area contributed by atoms with Crippen LogP contribution in [0.2, 0.25) is 0 Å². The number of hydrogen-bond acceptors (Lipinski definition) is 4. The van der Waals surface area contributed by atoms with Gasteiger partial charge in [0, 0.05) is 36.2 Å². The van der Waals surface area contributed by atoms with Gasteiger partial charge in [0.05, 0.1) is 24.5 Å². The number of benzene rings is 2. The second kappa shape index (κ2) is 9.32. The molecule has 9 heteroatoms. The molecule has 3 heterocycles. The van der Waals surface area contributed by atoms with E-state index < -0.39 is 13.2 Å². The van der Waals surface area contributed by atoms with Crippen LogP contribution in [0.15, 0.2) is 110 Å². The van der Waals surface area contributed by atoms with E-state index in [1.807, 2.05) is 70.1 Å². The van der Waals surface area contributed by atoms with Gasteiger partial charge in [0.15, 0.2) is 0 Å². The van der Waals surface area contributed by atoms with Gasteiger partial charge in [-0.15, -0.1) is 0 Å². The Morgan fingerprint density at radius 3 is 1.85 bits per heavy atom. The maximum absolute atomic E-state index is 14.1. The van der Waals surface area contributed by atoms with Gasteiger partial charge in [-0.1, -0.05) is 42.5 Å². The number of halogens is 2. The smallest absolute Gasteiger partial charge is 0.639 e. The third kappa shape index (κ3) is 5.21. The lowest BCUT2D eigenvalue weighted by Gasteiger charge is -2.35. The topological polar surface area (TPSA) is 54.1 Å². The van der Waals surface area contributed by atoms with Crippen LogP contribution < -0.4 is 0 Å². The third-order valence-corrected chi connectivity index (χ3v) is 5.23. The maximum Gasteiger partial charge on any atom is 0.664 e. The summed E-state index contributed by atoms with van der Waals surface area (Å²) in [6.45, 7) is 0. The fraction of sp³-hybridized carbons (Fsp3) is 0.0400. The highest BCUT2D eigenvalue weighted by atomic mass is 19.3. The monoisotopic (exact) mass is 457 g/mol. The molecule has 1 unspecified atom stereocenters. The van der Waals surface area contributed by atoms with Crippen molar-refractivity contribution < 1.29 is 17.9 Å². The van der Waals surface area contributed by atoms with Crippen molar-refractivity contribution >= 4 is 19.3 Å². The van der Waals surface area contributed by atoms with Crippen molar-refractivity contribution in [3.63, 3.8) is 0 Å². The second-order valence-corrected chi connectivity index (χ2v) is 7.64. The van der Waals surface area contributed by atoms with E-state index in [1.165, 1.54) is 12.2 Å². The van der Waals surface area contributed by atoms with Crippen LogP contribution in [0.3, 0.4) is 0 Å². The van der Waals surface area contributed by atoms with E-state index in [4.69, 9.17) is 9.31 Å². The molecule has 0 aliphatic carbocycles. The number of rotatable bonds is 6. The molecule has 1 atom stereocenters. The van der Waals surface area contributed by atoms with Gasteiger partial charge in [0.25, 0.3) is 0 Å². The molecule has 0 bridgehead atoms. The first kappa shape index (κ1) is 21.6. The number of imidazole rings is 2. The lowest BCUT2D eigenvalue weighted by molar-refractivity contribution is 0.0891. The maximum atomic E-state index is 14.1. The Labute approximate surface area is 195 Å². The molecule has 2 aromatic carbocycles. The Kier molecular flexibility index (Phi) is 5.92. The molecule has 0 amide bonds. The van der Waals surface area contributed by atoms with Crippen LogP contribution in [-0.4, -0.2) is 32.3 Å². The predicted molar refractivity (Wildman–Crippen MR) is 127 cm³/mol. The van der Waals surface area contributed by atoms with Crippen LogP contribution in [0.5, 0.6) is 0 Å². The molecule has 2 aromatic heterocycles. The first-order valence-corrected chi connectivity index (χ1v) is 10.7. The second-order valence-electron chi connectivity index (χ2n) is 7.64. The van der Waals surface area contributed by atoms with Crippen molar-refractivity contribution in [1.82, 2.24) is 19.1 Å². The van der Waals surface area contributed by atoms with Gasteiger partial charge in [0.1, 0.15) is 0 Å². The number of aromatic nitrogens is 4. The average Bonchev–Trinajstić information content (AvgIpc) is 3.56. The lowest BCUT2D eigenvalue weighted by atomic mass is 10.1. The fourth-order valence-corrected chi connectivity index (χ4v) is 3.53. The molecule has 0 N–H and O–H groups in total. The molecule has 1 aliphatic rings. The van der Waals surface area contributed by atoms with E-state index in [-0.39, 0.29) is 5.76 Å². The van der Waals surface area contributed by atoms with E-state index in [9.17, 15) is 8.63 Å². The van der Waals surface area contributed by atoms with Crippen LogP contribution >= 0.6 is 0 Å². The van der Waals surface area contributed by atoms with Crippen molar-refractivity contribution in [2.45, 2.75) is 6.10 Å². The quantitative estimate of drug-likeness (QED) is 0.361. The molecule has 5 rings (SSSR count). The molecule has 0 radical (unpaired) electrons. The predicted octanol–water partition coefficient (Wildman–Crippen LogP) is 5.46. The normalized spacial score (nSPS) is 17.7. The van der Waals surface area contributed by atoms with Gasteiger partial charge in [-0.25, -0.2) is 9.97 Å². The molecular formula is C25H20BF2N4O2-. The molecule has 0 saturated heterocycles. The molecular weight excluding hydrogens is 437 g/mol. The van der Waals surface area contributed by atoms with E-state index in [0.29, 0.717) is 0 Å². The molecule has 6 nitrogen and oxygen atoms in total. The highest BCUT2D eigenvalue weighted by Crippen LogP contribution is 2.27. The summed E-state index contributed by atoms with van der Waals surface area (Å²) in [4.78, 5) is 8.05. The van der Waals surface area contributed by atoms with Crippen molar-refractivity contribution in [1.29, 1.82) is 0 Å². The molecule has 4 aromatic rings. The number of nitrogens with zero attached hydrogens (tertiary/aromatic N) is 4. The first-order chi connectivity index (χ1) is 16.5. The molecule has 1 aliphatic heterocycles. The summed E-state index contributed by atoms with van der Waals surface area (Å²) in [5.41, 5.74) is 3.62. The Morgan fingerprint density at radius 1 is 0.765 bits per heavy atom. The Bertz CT molecular complexity index is 1310. The fourth-order valence-electron chi connectivity index (χ4n) is 3.53. The lowest BCUT2D eigenvalue weighted by Crippen LogP contribution is -2.38. The van der Waals surface area contributed by atoms with E-state index in [0.717, 1.165) is 22.5 Å². The SMILES string of the molecule is F[B-]1(F)OC(/C=C/c2ccc(-n3ccnc3)cc2)=CC(/C=C/c2ccc(-n3ccnc3)cc2)O1. The van der Waals surface area contributed by atoms with E-state index >= 15 is 0 Å². The van der Waals surface area contributed by atoms with E-state index in [1.54, 1.807) is 43.3 Å². The van der Waals surface area contributed by atoms with Gasteiger partial charge >= 0.3 is 7.11 Å². The van der Waals surface area contributed by atoms with Crippen molar-refractivity contribution in [2.75, 3.05) is 0 Å². The van der Waals surface area contributed by atoms with Crippen LogP contribution in [0.4, 0.5) is 8.63 Å².